The summed E-state index contributed by atoms with van der Waals surface area (Å²) in [6.07, 6.45) is 1.76. The standard InChI is InChI=1S/C19H22N4O3S/c1-5-26-17(24)11-22-15-7-6-13(4)10-16(15)27-19(22)20-18(25)14-8-9-23(21-14)12(2)3/h6-10,12H,5,11H2,1-4H3. The van der Waals surface area contributed by atoms with E-state index < -0.39 is 5.91 Å². The predicted molar refractivity (Wildman–Crippen MR) is 104 cm³/mol. The lowest BCUT2D eigenvalue weighted by Crippen LogP contribution is -2.23. The number of ether oxygens (including phenoxy) is 1. The van der Waals surface area contributed by atoms with E-state index in [2.05, 4.69) is 10.1 Å². The third kappa shape index (κ3) is 4.16. The molecule has 1 aromatic carbocycles. The first-order chi connectivity index (χ1) is 12.9. The van der Waals surface area contributed by atoms with Crippen molar-refractivity contribution in [3.8, 4) is 0 Å². The maximum absolute atomic E-state index is 12.6. The van der Waals surface area contributed by atoms with E-state index in [0.29, 0.717) is 11.4 Å². The number of carbonyl (C=O) groups excluding carboxylic acids is 2. The molecule has 0 spiro atoms. The second-order valence-electron chi connectivity index (χ2n) is 6.44. The summed E-state index contributed by atoms with van der Waals surface area (Å²) in [6.45, 7) is 8.04. The first-order valence-corrected chi connectivity index (χ1v) is 9.60. The van der Waals surface area contributed by atoms with Crippen molar-refractivity contribution in [3.63, 3.8) is 0 Å². The second-order valence-corrected chi connectivity index (χ2v) is 7.45. The Morgan fingerprint density at radius 3 is 2.74 bits per heavy atom. The Morgan fingerprint density at radius 1 is 1.30 bits per heavy atom. The van der Waals surface area contributed by atoms with Crippen molar-refractivity contribution in [1.29, 1.82) is 0 Å². The number of nitrogens with zero attached hydrogens (tertiary/aromatic N) is 4. The van der Waals surface area contributed by atoms with Crippen molar-refractivity contribution in [2.75, 3.05) is 6.61 Å². The summed E-state index contributed by atoms with van der Waals surface area (Å²) in [6, 6.07) is 7.72. The number of esters is 1. The maximum atomic E-state index is 12.6. The number of amides is 1. The van der Waals surface area contributed by atoms with Crippen LogP contribution in [0.15, 0.2) is 35.5 Å². The van der Waals surface area contributed by atoms with Gasteiger partial charge in [0.05, 0.1) is 16.8 Å². The number of hydrogen-bond donors (Lipinski definition) is 0. The lowest BCUT2D eigenvalue weighted by atomic mass is 10.2. The highest BCUT2D eigenvalue weighted by Gasteiger charge is 2.14. The third-order valence-electron chi connectivity index (χ3n) is 3.98. The van der Waals surface area contributed by atoms with Gasteiger partial charge < -0.3 is 9.30 Å². The largest absolute Gasteiger partial charge is 0.465 e. The van der Waals surface area contributed by atoms with E-state index in [-0.39, 0.29) is 24.2 Å². The van der Waals surface area contributed by atoms with Crippen molar-refractivity contribution in [2.45, 2.75) is 40.3 Å². The van der Waals surface area contributed by atoms with Gasteiger partial charge in [-0.25, -0.2) is 0 Å². The van der Waals surface area contributed by atoms with Crippen LogP contribution in [0.5, 0.6) is 0 Å². The van der Waals surface area contributed by atoms with E-state index in [9.17, 15) is 9.59 Å². The van der Waals surface area contributed by atoms with E-state index in [0.717, 1.165) is 15.8 Å². The topological polar surface area (TPSA) is 78.5 Å². The minimum atomic E-state index is -0.435. The van der Waals surface area contributed by atoms with Crippen LogP contribution in [0.1, 0.15) is 42.9 Å². The molecule has 2 aromatic heterocycles. The Bertz CT molecular complexity index is 1060. The van der Waals surface area contributed by atoms with E-state index in [1.807, 2.05) is 39.0 Å². The molecule has 2 heterocycles. The fourth-order valence-corrected chi connectivity index (χ4v) is 3.76. The molecule has 8 heteroatoms. The van der Waals surface area contributed by atoms with Crippen LogP contribution < -0.4 is 4.80 Å². The van der Waals surface area contributed by atoms with Gasteiger partial charge in [-0.2, -0.15) is 10.1 Å². The lowest BCUT2D eigenvalue weighted by Gasteiger charge is -2.05. The van der Waals surface area contributed by atoms with Crippen LogP contribution in [0, 0.1) is 6.92 Å². The fourth-order valence-electron chi connectivity index (χ4n) is 2.64. The number of fused-ring (bicyclic) bond motifs is 1. The first-order valence-electron chi connectivity index (χ1n) is 8.79. The van der Waals surface area contributed by atoms with Gasteiger partial charge in [-0.15, -0.1) is 0 Å². The summed E-state index contributed by atoms with van der Waals surface area (Å²) in [5, 5.41) is 4.27. The molecule has 3 rings (SSSR count). The number of thiazole rings is 1. The Hall–Kier alpha value is -2.74. The highest BCUT2D eigenvalue weighted by molar-refractivity contribution is 7.16. The van der Waals surface area contributed by atoms with Crippen molar-refractivity contribution in [2.24, 2.45) is 4.99 Å². The SMILES string of the molecule is CCOC(=O)Cn1c(=NC(=O)c2ccn(C(C)C)n2)sc2cc(C)ccc21. The van der Waals surface area contributed by atoms with Crippen molar-refractivity contribution >= 4 is 33.4 Å². The molecular weight excluding hydrogens is 364 g/mol. The summed E-state index contributed by atoms with van der Waals surface area (Å²) < 4.78 is 9.45. The monoisotopic (exact) mass is 386 g/mol. The fraction of sp³-hybridized carbons (Fsp3) is 0.368. The van der Waals surface area contributed by atoms with E-state index in [4.69, 9.17) is 4.74 Å². The van der Waals surface area contributed by atoms with Gasteiger partial charge >= 0.3 is 5.97 Å². The Labute approximate surface area is 160 Å². The predicted octanol–water partition coefficient (Wildman–Crippen LogP) is 3.09. The smallest absolute Gasteiger partial charge is 0.326 e. The van der Waals surface area contributed by atoms with Crippen LogP contribution >= 0.6 is 11.3 Å². The van der Waals surface area contributed by atoms with E-state index in [1.165, 1.54) is 11.3 Å². The number of benzene rings is 1. The van der Waals surface area contributed by atoms with Gasteiger partial charge in [0.2, 0.25) is 0 Å². The van der Waals surface area contributed by atoms with E-state index in [1.54, 1.807) is 28.4 Å². The molecular formula is C19H22N4O3S. The number of hydrogen-bond acceptors (Lipinski definition) is 5. The van der Waals surface area contributed by atoms with Crippen LogP contribution in [0.3, 0.4) is 0 Å². The van der Waals surface area contributed by atoms with Gasteiger partial charge in [0.15, 0.2) is 10.5 Å². The lowest BCUT2D eigenvalue weighted by molar-refractivity contribution is -0.143. The van der Waals surface area contributed by atoms with Gasteiger partial charge in [0, 0.05) is 12.2 Å². The maximum Gasteiger partial charge on any atom is 0.326 e. The molecule has 3 aromatic rings. The average Bonchev–Trinajstić information content (AvgIpc) is 3.21. The molecule has 0 atom stereocenters. The Kier molecular flexibility index (Phi) is 5.55. The van der Waals surface area contributed by atoms with Crippen LogP contribution in [-0.2, 0) is 16.1 Å². The molecule has 0 unspecified atom stereocenters. The van der Waals surface area contributed by atoms with Crippen molar-refractivity contribution in [1.82, 2.24) is 14.3 Å². The molecule has 142 valence electrons. The normalized spacial score (nSPS) is 12.1. The molecule has 0 aliphatic heterocycles. The zero-order valence-electron chi connectivity index (χ0n) is 15.8. The molecule has 1 amide bonds. The second kappa shape index (κ2) is 7.87. The molecule has 0 N–H and O–H groups in total. The molecule has 0 bridgehead atoms. The number of carbonyl (C=O) groups is 2. The molecule has 0 saturated heterocycles. The number of rotatable bonds is 5. The molecule has 0 radical (unpaired) electrons. The zero-order chi connectivity index (χ0) is 19.6. The molecule has 0 fully saturated rings. The van der Waals surface area contributed by atoms with Crippen molar-refractivity contribution in [3.05, 3.63) is 46.5 Å². The van der Waals surface area contributed by atoms with Crippen LogP contribution in [0.2, 0.25) is 0 Å². The quantitative estimate of drug-likeness (QED) is 0.631. The summed E-state index contributed by atoms with van der Waals surface area (Å²) in [5.41, 5.74) is 2.22. The highest BCUT2D eigenvalue weighted by Crippen LogP contribution is 2.19. The molecule has 7 nitrogen and oxygen atoms in total. The highest BCUT2D eigenvalue weighted by atomic mass is 32.1. The third-order valence-corrected chi connectivity index (χ3v) is 5.03. The first kappa shape index (κ1) is 19.0. The van der Waals surface area contributed by atoms with E-state index >= 15 is 0 Å². The Balaban J connectivity index is 2.06. The van der Waals surface area contributed by atoms with Gasteiger partial charge in [-0.05, 0) is 51.5 Å². The zero-order valence-corrected chi connectivity index (χ0v) is 16.6. The number of aryl methyl sites for hydroxylation is 1. The molecule has 0 saturated carbocycles. The molecule has 0 aliphatic rings. The minimum absolute atomic E-state index is 0.00342. The summed E-state index contributed by atoms with van der Waals surface area (Å²) in [5.74, 6) is -0.800. The minimum Gasteiger partial charge on any atom is -0.465 e. The van der Waals surface area contributed by atoms with Gasteiger partial charge in [0.1, 0.15) is 6.54 Å². The van der Waals surface area contributed by atoms with Crippen LogP contribution in [0.25, 0.3) is 10.2 Å². The van der Waals surface area contributed by atoms with Crippen LogP contribution in [0.4, 0.5) is 0 Å². The van der Waals surface area contributed by atoms with Crippen LogP contribution in [-0.4, -0.2) is 32.8 Å². The molecule has 0 aliphatic carbocycles. The summed E-state index contributed by atoms with van der Waals surface area (Å²) in [4.78, 5) is 29.3. The molecule has 27 heavy (non-hydrogen) atoms. The average molecular weight is 386 g/mol. The summed E-state index contributed by atoms with van der Waals surface area (Å²) in [7, 11) is 0. The van der Waals surface area contributed by atoms with Gasteiger partial charge in [-0.1, -0.05) is 17.4 Å². The number of aromatic nitrogens is 3. The van der Waals surface area contributed by atoms with Gasteiger partial charge in [0.25, 0.3) is 5.91 Å². The van der Waals surface area contributed by atoms with Gasteiger partial charge in [-0.3, -0.25) is 14.3 Å². The van der Waals surface area contributed by atoms with Crippen molar-refractivity contribution < 1.29 is 14.3 Å². The summed E-state index contributed by atoms with van der Waals surface area (Å²) >= 11 is 1.37. The Morgan fingerprint density at radius 2 is 2.07 bits per heavy atom.